The molecular weight excluding hydrogens is 591 g/mol. The number of pyridine rings is 2. The van der Waals surface area contributed by atoms with Crippen molar-refractivity contribution in [2.75, 3.05) is 0 Å². The fraction of sp³-hybridized carbons (Fsp3) is 0. The zero-order chi connectivity index (χ0) is 30.9. The molecule has 4 heteroatoms. The largest absolute Gasteiger partial charge is 0.245 e. The molecule has 0 amide bonds. The van der Waals surface area contributed by atoms with E-state index in [-0.39, 0.29) is 0 Å². The molecule has 0 fully saturated rings. The maximum Gasteiger partial charge on any atom is 0.124 e. The predicted molar refractivity (Wildman–Crippen MR) is 199 cm³/mol. The highest BCUT2D eigenvalue weighted by atomic mass is 32.1. The van der Waals surface area contributed by atoms with Crippen molar-refractivity contribution >= 4 is 75.7 Å². The first kappa shape index (κ1) is 26.3. The normalized spacial score (nSPS) is 11.8. The van der Waals surface area contributed by atoms with Gasteiger partial charge in [0, 0.05) is 27.5 Å². The Morgan fingerprint density at radius 1 is 0.362 bits per heavy atom. The molecule has 0 unspecified atom stereocenters. The predicted octanol–water partition coefficient (Wildman–Crippen LogP) is 11.9. The minimum atomic E-state index is 0.911. The molecule has 218 valence electrons. The molecule has 0 atom stereocenters. The summed E-state index contributed by atoms with van der Waals surface area (Å²) in [5, 5.41) is 10.8. The van der Waals surface area contributed by atoms with Gasteiger partial charge >= 0.3 is 0 Å². The van der Waals surface area contributed by atoms with E-state index < -0.39 is 0 Å². The van der Waals surface area contributed by atoms with Crippen molar-refractivity contribution in [2.24, 2.45) is 0 Å². The van der Waals surface area contributed by atoms with E-state index >= 15 is 0 Å². The molecule has 47 heavy (non-hydrogen) atoms. The van der Waals surface area contributed by atoms with Crippen molar-refractivity contribution in [3.63, 3.8) is 0 Å². The van der Waals surface area contributed by atoms with E-state index in [2.05, 4.69) is 146 Å². The summed E-state index contributed by atoms with van der Waals surface area (Å²) in [6, 6.07) is 53.8. The standard InChI is InChI=1S/C43H25N3S/c1-2-9-33-31(7-1)32-8-3-4-10-34(32)36-25-30(19-22-35(33)36)38-24-21-28-16-15-27-20-23-37(44-41(27)42(28)45-38)26-13-17-29(18-14-26)43-46-39-11-5-6-12-40(39)47-43/h1-25H. The average molecular weight is 616 g/mol. The van der Waals surface area contributed by atoms with Crippen LogP contribution in [0.4, 0.5) is 0 Å². The Hall–Kier alpha value is -5.97. The highest BCUT2D eigenvalue weighted by Gasteiger charge is 2.13. The molecule has 0 aliphatic rings. The Morgan fingerprint density at radius 3 is 1.49 bits per heavy atom. The lowest BCUT2D eigenvalue weighted by atomic mass is 9.93. The molecule has 3 heterocycles. The number of hydrogen-bond donors (Lipinski definition) is 0. The first-order chi connectivity index (χ1) is 23.3. The van der Waals surface area contributed by atoms with E-state index in [1.807, 2.05) is 6.07 Å². The first-order valence-electron chi connectivity index (χ1n) is 15.8. The van der Waals surface area contributed by atoms with Crippen LogP contribution >= 0.6 is 11.3 Å². The second-order valence-electron chi connectivity index (χ2n) is 12.0. The molecule has 0 N–H and O–H groups in total. The zero-order valence-corrected chi connectivity index (χ0v) is 26.0. The van der Waals surface area contributed by atoms with Gasteiger partial charge in [-0.1, -0.05) is 121 Å². The molecule has 0 spiro atoms. The topological polar surface area (TPSA) is 38.7 Å². The highest BCUT2D eigenvalue weighted by molar-refractivity contribution is 7.21. The van der Waals surface area contributed by atoms with Crippen LogP contribution in [0, 0.1) is 0 Å². The molecule has 0 radical (unpaired) electrons. The minimum absolute atomic E-state index is 0.911. The van der Waals surface area contributed by atoms with Crippen molar-refractivity contribution in [1.29, 1.82) is 0 Å². The number of aromatic nitrogens is 3. The van der Waals surface area contributed by atoms with Crippen LogP contribution in [0.3, 0.4) is 0 Å². The number of rotatable bonds is 3. The van der Waals surface area contributed by atoms with E-state index in [1.165, 1.54) is 37.0 Å². The third-order valence-electron chi connectivity index (χ3n) is 9.28. The maximum atomic E-state index is 5.26. The summed E-state index contributed by atoms with van der Waals surface area (Å²) >= 11 is 1.72. The molecule has 0 saturated carbocycles. The summed E-state index contributed by atoms with van der Waals surface area (Å²) < 4.78 is 1.20. The van der Waals surface area contributed by atoms with Gasteiger partial charge in [0.15, 0.2) is 0 Å². The number of nitrogens with zero attached hydrogens (tertiary/aromatic N) is 3. The molecule has 7 aromatic carbocycles. The second-order valence-corrected chi connectivity index (χ2v) is 13.0. The van der Waals surface area contributed by atoms with Crippen LogP contribution in [0.25, 0.3) is 97.4 Å². The van der Waals surface area contributed by atoms with E-state index in [9.17, 15) is 0 Å². The molecule has 0 bridgehead atoms. The Bertz CT molecular complexity index is 2780. The summed E-state index contributed by atoms with van der Waals surface area (Å²) in [5.41, 5.74) is 8.01. The number of thiazole rings is 1. The van der Waals surface area contributed by atoms with Crippen LogP contribution in [-0.4, -0.2) is 15.0 Å². The molecule has 3 aromatic heterocycles. The van der Waals surface area contributed by atoms with Gasteiger partial charge < -0.3 is 0 Å². The smallest absolute Gasteiger partial charge is 0.124 e. The van der Waals surface area contributed by atoms with E-state index in [0.29, 0.717) is 0 Å². The number of fused-ring (bicyclic) bond motifs is 10. The number of hydrogen-bond acceptors (Lipinski definition) is 4. The monoisotopic (exact) mass is 615 g/mol. The van der Waals surface area contributed by atoms with Crippen LogP contribution in [0.1, 0.15) is 0 Å². The molecule has 10 rings (SSSR count). The van der Waals surface area contributed by atoms with Crippen molar-refractivity contribution in [3.05, 3.63) is 152 Å². The van der Waals surface area contributed by atoms with Gasteiger partial charge in [-0.25, -0.2) is 15.0 Å². The van der Waals surface area contributed by atoms with Gasteiger partial charge in [0.25, 0.3) is 0 Å². The van der Waals surface area contributed by atoms with Gasteiger partial charge in [0.1, 0.15) is 5.01 Å². The van der Waals surface area contributed by atoms with Crippen LogP contribution in [-0.2, 0) is 0 Å². The minimum Gasteiger partial charge on any atom is -0.245 e. The first-order valence-corrected chi connectivity index (χ1v) is 16.6. The number of benzene rings is 7. The highest BCUT2D eigenvalue weighted by Crippen LogP contribution is 2.38. The molecule has 0 saturated heterocycles. The zero-order valence-electron chi connectivity index (χ0n) is 25.2. The molecular formula is C43H25N3S. The molecule has 0 aliphatic carbocycles. The summed E-state index contributed by atoms with van der Waals surface area (Å²) in [5.74, 6) is 0. The molecule has 0 aliphatic heterocycles. The van der Waals surface area contributed by atoms with E-state index in [1.54, 1.807) is 11.3 Å². The van der Waals surface area contributed by atoms with Gasteiger partial charge in [-0.3, -0.25) is 0 Å². The van der Waals surface area contributed by atoms with Gasteiger partial charge in [0.2, 0.25) is 0 Å². The average Bonchev–Trinajstić information content (AvgIpc) is 3.59. The van der Waals surface area contributed by atoms with Crippen molar-refractivity contribution in [2.45, 2.75) is 0 Å². The Balaban J connectivity index is 1.09. The quantitative estimate of drug-likeness (QED) is 0.186. The number of para-hydroxylation sites is 1. The second kappa shape index (κ2) is 10.3. The van der Waals surface area contributed by atoms with Gasteiger partial charge in [-0.05, 0) is 62.6 Å². The van der Waals surface area contributed by atoms with Crippen LogP contribution in [0.2, 0.25) is 0 Å². The lowest BCUT2D eigenvalue weighted by Crippen LogP contribution is -1.91. The third-order valence-corrected chi connectivity index (χ3v) is 10.4. The van der Waals surface area contributed by atoms with Crippen LogP contribution < -0.4 is 0 Å². The van der Waals surface area contributed by atoms with Gasteiger partial charge in [0.05, 0.1) is 32.6 Å². The van der Waals surface area contributed by atoms with Crippen LogP contribution in [0.15, 0.2) is 152 Å². The third kappa shape index (κ3) is 4.23. The van der Waals surface area contributed by atoms with Crippen molar-refractivity contribution in [1.82, 2.24) is 15.0 Å². The SMILES string of the molecule is c1ccc2sc(-c3ccc(-c4ccc5ccc6ccc(-c7ccc8c9ccccc9c9ccccc9c8c7)nc6c5n4)cc3)nc2c1. The van der Waals surface area contributed by atoms with Crippen molar-refractivity contribution in [3.8, 4) is 33.1 Å². The van der Waals surface area contributed by atoms with Gasteiger partial charge in [-0.2, -0.15) is 0 Å². The Labute approximate surface area is 274 Å². The molecule has 10 aromatic rings. The van der Waals surface area contributed by atoms with Crippen LogP contribution in [0.5, 0.6) is 0 Å². The Morgan fingerprint density at radius 2 is 0.851 bits per heavy atom. The van der Waals surface area contributed by atoms with E-state index in [0.717, 1.165) is 60.4 Å². The Kier molecular flexibility index (Phi) is 5.74. The fourth-order valence-corrected chi connectivity index (χ4v) is 7.91. The molecule has 3 nitrogen and oxygen atoms in total. The maximum absolute atomic E-state index is 5.26. The van der Waals surface area contributed by atoms with Crippen molar-refractivity contribution < 1.29 is 0 Å². The summed E-state index contributed by atoms with van der Waals surface area (Å²) in [6.45, 7) is 0. The summed E-state index contributed by atoms with van der Waals surface area (Å²) in [6.07, 6.45) is 0. The lowest BCUT2D eigenvalue weighted by molar-refractivity contribution is 1.37. The van der Waals surface area contributed by atoms with Gasteiger partial charge in [-0.15, -0.1) is 11.3 Å². The summed E-state index contributed by atoms with van der Waals surface area (Å²) in [4.78, 5) is 15.3. The summed E-state index contributed by atoms with van der Waals surface area (Å²) in [7, 11) is 0. The van der Waals surface area contributed by atoms with E-state index in [4.69, 9.17) is 15.0 Å². The lowest BCUT2D eigenvalue weighted by Gasteiger charge is -2.12. The fourth-order valence-electron chi connectivity index (χ4n) is 6.94.